The largest absolute Gasteiger partial charge is 0.496 e. The lowest BCUT2D eigenvalue weighted by molar-refractivity contribution is 0.104. The van der Waals surface area contributed by atoms with Crippen molar-refractivity contribution in [2.24, 2.45) is 0 Å². The van der Waals surface area contributed by atoms with Crippen LogP contribution < -0.4 is 4.74 Å². The molecule has 2 aromatic carbocycles. The first kappa shape index (κ1) is 15.0. The maximum atomic E-state index is 12.3. The maximum absolute atomic E-state index is 12.3. The Morgan fingerprint density at radius 1 is 1.19 bits per heavy atom. The highest BCUT2D eigenvalue weighted by atomic mass is 16.5. The van der Waals surface area contributed by atoms with Crippen molar-refractivity contribution in [3.63, 3.8) is 0 Å². The molecule has 0 spiro atoms. The Balaban J connectivity index is 2.25. The quantitative estimate of drug-likeness (QED) is 0.675. The highest BCUT2D eigenvalue weighted by molar-refractivity contribution is 6.08. The minimum absolute atomic E-state index is 0.105. The molecule has 0 radical (unpaired) electrons. The van der Waals surface area contributed by atoms with Crippen molar-refractivity contribution in [1.29, 1.82) is 0 Å². The van der Waals surface area contributed by atoms with Gasteiger partial charge >= 0.3 is 0 Å². The summed E-state index contributed by atoms with van der Waals surface area (Å²) >= 11 is 0. The smallest absolute Gasteiger partial charge is 0.189 e. The van der Waals surface area contributed by atoms with Crippen molar-refractivity contribution in [1.82, 2.24) is 0 Å². The zero-order valence-electron chi connectivity index (χ0n) is 12.2. The van der Waals surface area contributed by atoms with Gasteiger partial charge in [-0.2, -0.15) is 0 Å². The van der Waals surface area contributed by atoms with E-state index in [-0.39, 0.29) is 12.4 Å². The number of allylic oxidation sites excluding steroid dienone is 1. The lowest BCUT2D eigenvalue weighted by Crippen LogP contribution is -2.00. The van der Waals surface area contributed by atoms with Crippen molar-refractivity contribution in [3.05, 3.63) is 70.8 Å². The summed E-state index contributed by atoms with van der Waals surface area (Å²) in [5.41, 5.74) is 3.28. The van der Waals surface area contributed by atoms with Crippen LogP contribution in [0.15, 0.2) is 48.5 Å². The van der Waals surface area contributed by atoms with E-state index in [2.05, 4.69) is 0 Å². The highest BCUT2D eigenvalue weighted by Crippen LogP contribution is 2.21. The van der Waals surface area contributed by atoms with Crippen molar-refractivity contribution < 1.29 is 14.6 Å². The molecule has 1 N–H and O–H groups in total. The van der Waals surface area contributed by atoms with Gasteiger partial charge in [0.05, 0.1) is 19.3 Å². The molecule has 0 amide bonds. The second-order valence-electron chi connectivity index (χ2n) is 4.80. The second kappa shape index (κ2) is 6.86. The normalized spacial score (nSPS) is 10.8. The molecule has 0 unspecified atom stereocenters. The Bertz CT molecular complexity index is 655. The second-order valence-corrected chi connectivity index (χ2v) is 4.80. The predicted octanol–water partition coefficient (Wildman–Crippen LogP) is 3.39. The van der Waals surface area contributed by atoms with Gasteiger partial charge in [-0.05, 0) is 36.3 Å². The van der Waals surface area contributed by atoms with Gasteiger partial charge in [0, 0.05) is 0 Å². The third-order valence-corrected chi connectivity index (χ3v) is 3.22. The Morgan fingerprint density at radius 2 is 1.90 bits per heavy atom. The molecule has 0 bridgehead atoms. The van der Waals surface area contributed by atoms with Gasteiger partial charge < -0.3 is 9.84 Å². The summed E-state index contributed by atoms with van der Waals surface area (Å²) in [5.74, 6) is 0.355. The number of carbonyl (C=O) groups excluding carboxylic acids is 1. The van der Waals surface area contributed by atoms with Crippen LogP contribution in [0.25, 0.3) is 6.08 Å². The molecule has 0 saturated heterocycles. The van der Waals surface area contributed by atoms with Crippen molar-refractivity contribution >= 4 is 11.9 Å². The maximum Gasteiger partial charge on any atom is 0.189 e. The molecule has 2 aromatic rings. The fourth-order valence-electron chi connectivity index (χ4n) is 1.99. The van der Waals surface area contributed by atoms with E-state index >= 15 is 0 Å². The molecule has 0 atom stereocenters. The third kappa shape index (κ3) is 3.80. The molecular formula is C18H18O3. The first-order valence-corrected chi connectivity index (χ1v) is 6.71. The summed E-state index contributed by atoms with van der Waals surface area (Å²) in [6, 6.07) is 13.0. The Hall–Kier alpha value is -2.39. The molecule has 0 aromatic heterocycles. The number of ether oxygens (including phenoxy) is 1. The monoisotopic (exact) mass is 282 g/mol. The number of methoxy groups -OCH3 is 1. The summed E-state index contributed by atoms with van der Waals surface area (Å²) < 4.78 is 5.20. The first-order valence-electron chi connectivity index (χ1n) is 6.71. The van der Waals surface area contributed by atoms with Crippen molar-refractivity contribution in [3.8, 4) is 5.75 Å². The van der Waals surface area contributed by atoms with Gasteiger partial charge in [0.15, 0.2) is 5.78 Å². The van der Waals surface area contributed by atoms with E-state index in [1.807, 2.05) is 31.2 Å². The van der Waals surface area contributed by atoms with Crippen LogP contribution >= 0.6 is 0 Å². The molecule has 108 valence electrons. The van der Waals surface area contributed by atoms with E-state index in [1.54, 1.807) is 24.3 Å². The molecule has 21 heavy (non-hydrogen) atoms. The number of rotatable bonds is 5. The van der Waals surface area contributed by atoms with Gasteiger partial charge in [-0.1, -0.05) is 42.0 Å². The lowest BCUT2D eigenvalue weighted by atomic mass is 10.0. The van der Waals surface area contributed by atoms with Crippen LogP contribution in [0.1, 0.15) is 27.0 Å². The van der Waals surface area contributed by atoms with Gasteiger partial charge in [-0.25, -0.2) is 0 Å². The number of aryl methyl sites for hydroxylation is 1. The minimum atomic E-state index is -0.150. The molecule has 0 aliphatic carbocycles. The van der Waals surface area contributed by atoms with Gasteiger partial charge in [-0.15, -0.1) is 0 Å². The summed E-state index contributed by atoms with van der Waals surface area (Å²) in [6.07, 6.45) is 3.29. The summed E-state index contributed by atoms with van der Waals surface area (Å²) in [7, 11) is 1.52. The van der Waals surface area contributed by atoms with Gasteiger partial charge in [-0.3, -0.25) is 4.79 Å². The fourth-order valence-corrected chi connectivity index (χ4v) is 1.99. The molecule has 3 nitrogen and oxygen atoms in total. The van der Waals surface area contributed by atoms with Crippen molar-refractivity contribution in [2.75, 3.05) is 7.11 Å². The number of carbonyl (C=O) groups is 1. The molecule has 3 heteroatoms. The molecule has 0 aliphatic rings. The van der Waals surface area contributed by atoms with Crippen LogP contribution in [-0.4, -0.2) is 18.0 Å². The number of hydrogen-bond donors (Lipinski definition) is 1. The predicted molar refractivity (Wildman–Crippen MR) is 83.5 cm³/mol. The van der Waals surface area contributed by atoms with E-state index in [0.29, 0.717) is 16.9 Å². The van der Waals surface area contributed by atoms with E-state index < -0.39 is 0 Å². The van der Waals surface area contributed by atoms with Crippen LogP contribution in [0.4, 0.5) is 0 Å². The summed E-state index contributed by atoms with van der Waals surface area (Å²) in [4.78, 5) is 12.3. The Kier molecular flexibility index (Phi) is 4.90. The topological polar surface area (TPSA) is 46.5 Å². The van der Waals surface area contributed by atoms with Crippen molar-refractivity contribution in [2.45, 2.75) is 13.5 Å². The number of benzene rings is 2. The third-order valence-electron chi connectivity index (χ3n) is 3.22. The SMILES string of the molecule is COc1ccc(CO)cc1C(=O)/C=C/c1ccc(C)cc1. The van der Waals surface area contributed by atoms with E-state index in [1.165, 1.54) is 18.7 Å². The number of aliphatic hydroxyl groups excluding tert-OH is 1. The summed E-state index contributed by atoms with van der Waals surface area (Å²) in [5, 5.41) is 9.17. The number of hydrogen-bond acceptors (Lipinski definition) is 3. The zero-order valence-corrected chi connectivity index (χ0v) is 12.2. The van der Waals surface area contributed by atoms with Crippen LogP contribution in [0.2, 0.25) is 0 Å². The average molecular weight is 282 g/mol. The molecule has 0 heterocycles. The fraction of sp³-hybridized carbons (Fsp3) is 0.167. The molecule has 0 saturated carbocycles. The van der Waals surface area contributed by atoms with Crippen LogP contribution in [0, 0.1) is 6.92 Å². The molecule has 2 rings (SSSR count). The van der Waals surface area contributed by atoms with Gasteiger partial charge in [0.2, 0.25) is 0 Å². The van der Waals surface area contributed by atoms with Gasteiger partial charge in [0.1, 0.15) is 5.75 Å². The lowest BCUT2D eigenvalue weighted by Gasteiger charge is -2.07. The number of aliphatic hydroxyl groups is 1. The van der Waals surface area contributed by atoms with Crippen LogP contribution in [0.5, 0.6) is 5.75 Å². The highest BCUT2D eigenvalue weighted by Gasteiger charge is 2.10. The Morgan fingerprint density at radius 3 is 2.52 bits per heavy atom. The van der Waals surface area contributed by atoms with E-state index in [9.17, 15) is 9.90 Å². The van der Waals surface area contributed by atoms with Crippen LogP contribution in [-0.2, 0) is 6.61 Å². The summed E-state index contributed by atoms with van der Waals surface area (Å²) in [6.45, 7) is 1.91. The van der Waals surface area contributed by atoms with Gasteiger partial charge in [0.25, 0.3) is 0 Å². The Labute approximate surface area is 124 Å². The van der Waals surface area contributed by atoms with E-state index in [4.69, 9.17) is 4.74 Å². The zero-order chi connectivity index (χ0) is 15.2. The first-order chi connectivity index (χ1) is 10.1. The molecule has 0 fully saturated rings. The standard InChI is InChI=1S/C18H18O3/c1-13-3-5-14(6-4-13)7-9-17(20)16-11-15(12-19)8-10-18(16)21-2/h3-11,19H,12H2,1-2H3/b9-7+. The van der Waals surface area contributed by atoms with Crippen LogP contribution in [0.3, 0.4) is 0 Å². The average Bonchev–Trinajstić information content (AvgIpc) is 2.53. The molecular weight excluding hydrogens is 264 g/mol. The van der Waals surface area contributed by atoms with E-state index in [0.717, 1.165) is 5.56 Å². The molecule has 0 aliphatic heterocycles. The minimum Gasteiger partial charge on any atom is -0.496 e. The number of ketones is 1.